The van der Waals surface area contributed by atoms with Gasteiger partial charge in [0.1, 0.15) is 13.2 Å². The Kier molecular flexibility index (Phi) is 2.85. The number of hydrogen-bond acceptors (Lipinski definition) is 3. The molecule has 2 aromatic rings. The molecule has 4 rings (SSSR count). The number of fused-ring (bicyclic) bond motifs is 2. The summed E-state index contributed by atoms with van der Waals surface area (Å²) in [4.78, 5) is 0. The van der Waals surface area contributed by atoms with E-state index in [1.807, 2.05) is 6.07 Å². The van der Waals surface area contributed by atoms with Gasteiger partial charge in [0.25, 0.3) is 0 Å². The van der Waals surface area contributed by atoms with Gasteiger partial charge in [0.2, 0.25) is 0 Å². The van der Waals surface area contributed by atoms with Crippen molar-refractivity contribution in [2.24, 2.45) is 0 Å². The van der Waals surface area contributed by atoms with Crippen LogP contribution < -0.4 is 14.8 Å². The van der Waals surface area contributed by atoms with Crippen LogP contribution in [0.2, 0.25) is 0 Å². The highest BCUT2D eigenvalue weighted by Crippen LogP contribution is 2.36. The van der Waals surface area contributed by atoms with Crippen molar-refractivity contribution in [1.29, 1.82) is 0 Å². The number of nitrogens with one attached hydrogen (secondary N) is 1. The first-order chi connectivity index (χ1) is 9.92. The second kappa shape index (κ2) is 4.84. The number of ether oxygens (including phenoxy) is 2. The van der Waals surface area contributed by atoms with Crippen LogP contribution in [0, 0.1) is 0 Å². The lowest BCUT2D eigenvalue weighted by molar-refractivity contribution is 0.171. The van der Waals surface area contributed by atoms with Crippen LogP contribution in [0.15, 0.2) is 36.4 Å². The molecule has 0 amide bonds. The molecule has 0 radical (unpaired) electrons. The molecule has 1 N–H and O–H groups in total. The Bertz CT molecular complexity index is 651. The van der Waals surface area contributed by atoms with E-state index in [1.165, 1.54) is 22.3 Å². The summed E-state index contributed by atoms with van der Waals surface area (Å²) < 4.78 is 11.3. The summed E-state index contributed by atoms with van der Waals surface area (Å²) in [6, 6.07) is 12.8. The molecule has 2 aliphatic rings. The van der Waals surface area contributed by atoms with Gasteiger partial charge < -0.3 is 14.8 Å². The van der Waals surface area contributed by atoms with Gasteiger partial charge in [0, 0.05) is 6.54 Å². The van der Waals surface area contributed by atoms with Crippen LogP contribution in [0.3, 0.4) is 0 Å². The van der Waals surface area contributed by atoms with Gasteiger partial charge in [-0.2, -0.15) is 0 Å². The van der Waals surface area contributed by atoms with Crippen LogP contribution in [0.5, 0.6) is 11.5 Å². The average Bonchev–Trinajstić information content (AvgIpc) is 2.54. The van der Waals surface area contributed by atoms with Gasteiger partial charge in [0.05, 0.1) is 0 Å². The lowest BCUT2D eigenvalue weighted by Crippen LogP contribution is -2.24. The van der Waals surface area contributed by atoms with E-state index in [2.05, 4.69) is 35.6 Å². The molecule has 0 fully saturated rings. The van der Waals surface area contributed by atoms with Crippen LogP contribution in [0.1, 0.15) is 11.1 Å². The number of hydrogen-bond donors (Lipinski definition) is 1. The van der Waals surface area contributed by atoms with Crippen LogP contribution in [0.4, 0.5) is 0 Å². The van der Waals surface area contributed by atoms with Crippen LogP contribution >= 0.6 is 0 Å². The standard InChI is InChI=1S/C17H17NO2/c1-2-13-11-18-7-6-15(13)14(3-1)12-4-5-16-17(10-12)20-9-8-19-16/h1-5,10,18H,6-9,11H2. The maximum atomic E-state index is 5.69. The molecule has 0 atom stereocenters. The van der Waals surface area contributed by atoms with Gasteiger partial charge in [-0.3, -0.25) is 0 Å². The van der Waals surface area contributed by atoms with Gasteiger partial charge in [-0.15, -0.1) is 0 Å². The Morgan fingerprint density at radius 2 is 1.85 bits per heavy atom. The zero-order valence-electron chi connectivity index (χ0n) is 11.3. The first-order valence-corrected chi connectivity index (χ1v) is 7.13. The second-order valence-corrected chi connectivity index (χ2v) is 5.23. The predicted octanol–water partition coefficient (Wildman–Crippen LogP) is 2.77. The fraction of sp³-hybridized carbons (Fsp3) is 0.294. The molecule has 2 heterocycles. The highest BCUT2D eigenvalue weighted by Gasteiger charge is 2.16. The molecule has 0 saturated heterocycles. The summed E-state index contributed by atoms with van der Waals surface area (Å²) in [6.07, 6.45) is 1.08. The van der Waals surface area contributed by atoms with E-state index in [9.17, 15) is 0 Å². The van der Waals surface area contributed by atoms with Gasteiger partial charge in [-0.25, -0.2) is 0 Å². The number of rotatable bonds is 1. The molecule has 0 spiro atoms. The Balaban J connectivity index is 1.81. The summed E-state index contributed by atoms with van der Waals surface area (Å²) in [7, 11) is 0. The third-order valence-electron chi connectivity index (χ3n) is 3.99. The Labute approximate surface area is 118 Å². The van der Waals surface area contributed by atoms with E-state index in [4.69, 9.17) is 9.47 Å². The van der Waals surface area contributed by atoms with Crippen molar-refractivity contribution < 1.29 is 9.47 Å². The summed E-state index contributed by atoms with van der Waals surface area (Å²) >= 11 is 0. The quantitative estimate of drug-likeness (QED) is 0.862. The van der Waals surface area contributed by atoms with E-state index in [1.54, 1.807) is 0 Å². The van der Waals surface area contributed by atoms with Crippen molar-refractivity contribution in [3.8, 4) is 22.6 Å². The first-order valence-electron chi connectivity index (χ1n) is 7.13. The Morgan fingerprint density at radius 3 is 2.80 bits per heavy atom. The van der Waals surface area contributed by atoms with Gasteiger partial charge in [0.15, 0.2) is 11.5 Å². The van der Waals surface area contributed by atoms with Crippen molar-refractivity contribution in [1.82, 2.24) is 5.32 Å². The highest BCUT2D eigenvalue weighted by atomic mass is 16.6. The van der Waals surface area contributed by atoms with Crippen molar-refractivity contribution in [3.63, 3.8) is 0 Å². The number of benzene rings is 2. The molecule has 3 heteroatoms. The summed E-state index contributed by atoms with van der Waals surface area (Å²) in [5, 5.41) is 3.42. The van der Waals surface area contributed by atoms with Gasteiger partial charge >= 0.3 is 0 Å². The fourth-order valence-electron chi connectivity index (χ4n) is 3.01. The Hall–Kier alpha value is -2.00. The molecular weight excluding hydrogens is 250 g/mol. The summed E-state index contributed by atoms with van der Waals surface area (Å²) in [5.41, 5.74) is 5.40. The second-order valence-electron chi connectivity index (χ2n) is 5.23. The van der Waals surface area contributed by atoms with Gasteiger partial charge in [-0.1, -0.05) is 24.3 Å². The van der Waals surface area contributed by atoms with E-state index < -0.39 is 0 Å². The maximum absolute atomic E-state index is 5.69. The van der Waals surface area contributed by atoms with E-state index >= 15 is 0 Å². The largest absolute Gasteiger partial charge is 0.486 e. The summed E-state index contributed by atoms with van der Waals surface area (Å²) in [5.74, 6) is 1.71. The lowest BCUT2D eigenvalue weighted by atomic mass is 9.91. The minimum atomic E-state index is 0.632. The molecular formula is C17H17NO2. The third-order valence-corrected chi connectivity index (χ3v) is 3.99. The molecule has 0 aromatic heterocycles. The van der Waals surface area contributed by atoms with Crippen molar-refractivity contribution in [2.45, 2.75) is 13.0 Å². The van der Waals surface area contributed by atoms with E-state index in [-0.39, 0.29) is 0 Å². The van der Waals surface area contributed by atoms with Crippen molar-refractivity contribution >= 4 is 0 Å². The monoisotopic (exact) mass is 267 g/mol. The molecule has 0 unspecified atom stereocenters. The average molecular weight is 267 g/mol. The van der Waals surface area contributed by atoms with Crippen LogP contribution in [-0.4, -0.2) is 19.8 Å². The smallest absolute Gasteiger partial charge is 0.161 e. The molecule has 0 saturated carbocycles. The maximum Gasteiger partial charge on any atom is 0.161 e. The van der Waals surface area contributed by atoms with E-state index in [0.717, 1.165) is 31.0 Å². The van der Waals surface area contributed by atoms with Crippen molar-refractivity contribution in [2.75, 3.05) is 19.8 Å². The zero-order chi connectivity index (χ0) is 13.4. The Morgan fingerprint density at radius 1 is 0.950 bits per heavy atom. The topological polar surface area (TPSA) is 30.5 Å². The molecule has 20 heavy (non-hydrogen) atoms. The SMILES string of the molecule is c1cc2c(c(-c3ccc4c(c3)OCCO4)c1)CCNC2. The molecule has 2 aliphatic heterocycles. The minimum absolute atomic E-state index is 0.632. The highest BCUT2D eigenvalue weighted by molar-refractivity contribution is 5.72. The first kappa shape index (κ1) is 11.8. The molecule has 0 aliphatic carbocycles. The zero-order valence-corrected chi connectivity index (χ0v) is 11.3. The molecule has 3 nitrogen and oxygen atoms in total. The summed E-state index contributed by atoms with van der Waals surface area (Å²) in [6.45, 7) is 3.29. The van der Waals surface area contributed by atoms with E-state index in [0.29, 0.717) is 13.2 Å². The van der Waals surface area contributed by atoms with Gasteiger partial charge in [-0.05, 0) is 47.4 Å². The fourth-order valence-corrected chi connectivity index (χ4v) is 3.01. The minimum Gasteiger partial charge on any atom is -0.486 e. The normalized spacial score (nSPS) is 16.6. The third kappa shape index (κ3) is 1.95. The molecule has 102 valence electrons. The lowest BCUT2D eigenvalue weighted by Gasteiger charge is -2.22. The van der Waals surface area contributed by atoms with Crippen LogP contribution in [0.25, 0.3) is 11.1 Å². The van der Waals surface area contributed by atoms with Crippen molar-refractivity contribution in [3.05, 3.63) is 47.5 Å². The van der Waals surface area contributed by atoms with Crippen LogP contribution in [-0.2, 0) is 13.0 Å². The molecule has 2 aromatic carbocycles. The molecule has 0 bridgehead atoms. The predicted molar refractivity (Wildman–Crippen MR) is 78.3 cm³/mol.